The first-order chi connectivity index (χ1) is 9.08. The smallest absolute Gasteiger partial charge is 0.159 e. The van der Waals surface area contributed by atoms with Gasteiger partial charge in [0.1, 0.15) is 0 Å². The van der Waals surface area contributed by atoms with Gasteiger partial charge < -0.3 is 4.90 Å². The van der Waals surface area contributed by atoms with E-state index in [1.54, 1.807) is 6.92 Å². The highest BCUT2D eigenvalue weighted by Gasteiger charge is 2.17. The number of carbonyl (C=O) groups excluding carboxylic acids is 1. The van der Waals surface area contributed by atoms with Gasteiger partial charge in [-0.1, -0.05) is 13.8 Å². The van der Waals surface area contributed by atoms with E-state index in [0.29, 0.717) is 0 Å². The molecule has 0 aliphatic carbocycles. The maximum absolute atomic E-state index is 11.4. The number of hydrogen-bond acceptors (Lipinski definition) is 2. The van der Waals surface area contributed by atoms with Gasteiger partial charge in [-0.25, -0.2) is 0 Å². The fourth-order valence-electron chi connectivity index (χ4n) is 2.82. The normalized spacial score (nSPS) is 14.6. The van der Waals surface area contributed by atoms with Crippen molar-refractivity contribution in [2.24, 2.45) is 5.92 Å². The SMILES string of the molecule is CC(=O)c1ccc2c(c1)CCCN2CCCC(C)C. The van der Waals surface area contributed by atoms with E-state index < -0.39 is 0 Å². The van der Waals surface area contributed by atoms with Gasteiger partial charge in [-0.2, -0.15) is 0 Å². The van der Waals surface area contributed by atoms with Crippen LogP contribution in [-0.4, -0.2) is 18.9 Å². The van der Waals surface area contributed by atoms with Crippen LogP contribution in [0.3, 0.4) is 0 Å². The fraction of sp³-hybridized carbons (Fsp3) is 0.588. The molecule has 0 atom stereocenters. The Morgan fingerprint density at radius 2 is 2.16 bits per heavy atom. The lowest BCUT2D eigenvalue weighted by Gasteiger charge is -2.31. The van der Waals surface area contributed by atoms with E-state index >= 15 is 0 Å². The Balaban J connectivity index is 2.09. The summed E-state index contributed by atoms with van der Waals surface area (Å²) >= 11 is 0. The standard InChI is InChI=1S/C17H25NO/c1-13(2)6-4-10-18-11-5-7-16-12-15(14(3)19)8-9-17(16)18/h8-9,12-13H,4-7,10-11H2,1-3H3. The summed E-state index contributed by atoms with van der Waals surface area (Å²) in [6.45, 7) is 8.51. The molecule has 0 bridgehead atoms. The van der Waals surface area contributed by atoms with Gasteiger partial charge in [-0.15, -0.1) is 0 Å². The molecule has 0 saturated carbocycles. The third-order valence-corrected chi connectivity index (χ3v) is 3.91. The average Bonchev–Trinajstić information content (AvgIpc) is 2.37. The third-order valence-electron chi connectivity index (χ3n) is 3.91. The van der Waals surface area contributed by atoms with Crippen LogP contribution in [0.15, 0.2) is 18.2 Å². The Labute approximate surface area is 116 Å². The molecule has 104 valence electrons. The molecule has 19 heavy (non-hydrogen) atoms. The molecule has 1 heterocycles. The summed E-state index contributed by atoms with van der Waals surface area (Å²) < 4.78 is 0. The molecule has 2 rings (SSSR count). The molecule has 0 N–H and O–H groups in total. The summed E-state index contributed by atoms with van der Waals surface area (Å²) in [5.41, 5.74) is 3.55. The molecular formula is C17H25NO. The van der Waals surface area contributed by atoms with Crippen molar-refractivity contribution < 1.29 is 4.79 Å². The molecule has 1 aromatic carbocycles. The van der Waals surface area contributed by atoms with E-state index in [1.165, 1.54) is 30.5 Å². The Morgan fingerprint density at radius 1 is 1.37 bits per heavy atom. The quantitative estimate of drug-likeness (QED) is 0.743. The first-order valence-corrected chi connectivity index (χ1v) is 7.46. The Kier molecular flexibility index (Phi) is 4.62. The molecule has 2 heteroatoms. The largest absolute Gasteiger partial charge is 0.371 e. The van der Waals surface area contributed by atoms with Crippen molar-refractivity contribution >= 4 is 11.5 Å². The number of nitrogens with zero attached hydrogens (tertiary/aromatic N) is 1. The minimum atomic E-state index is 0.166. The van der Waals surface area contributed by atoms with Crippen LogP contribution in [-0.2, 0) is 6.42 Å². The monoisotopic (exact) mass is 259 g/mol. The van der Waals surface area contributed by atoms with Crippen LogP contribution in [0, 0.1) is 5.92 Å². The lowest BCUT2D eigenvalue weighted by atomic mass is 9.97. The van der Waals surface area contributed by atoms with Gasteiger partial charge in [-0.3, -0.25) is 4.79 Å². The molecule has 1 aromatic rings. The number of benzene rings is 1. The van der Waals surface area contributed by atoms with Crippen LogP contribution in [0.5, 0.6) is 0 Å². The van der Waals surface area contributed by atoms with Crippen molar-refractivity contribution in [2.75, 3.05) is 18.0 Å². The van der Waals surface area contributed by atoms with Crippen LogP contribution in [0.1, 0.15) is 56.0 Å². The second-order valence-corrected chi connectivity index (χ2v) is 6.03. The number of carbonyl (C=O) groups is 1. The lowest BCUT2D eigenvalue weighted by Crippen LogP contribution is -2.30. The predicted molar refractivity (Wildman–Crippen MR) is 81.1 cm³/mol. The second kappa shape index (κ2) is 6.23. The van der Waals surface area contributed by atoms with Crippen LogP contribution in [0.25, 0.3) is 0 Å². The van der Waals surface area contributed by atoms with Crippen molar-refractivity contribution in [3.8, 4) is 0 Å². The second-order valence-electron chi connectivity index (χ2n) is 6.03. The Hall–Kier alpha value is -1.31. The highest BCUT2D eigenvalue weighted by Crippen LogP contribution is 2.28. The fourth-order valence-corrected chi connectivity index (χ4v) is 2.82. The maximum atomic E-state index is 11.4. The summed E-state index contributed by atoms with van der Waals surface area (Å²) in [4.78, 5) is 13.9. The number of rotatable bonds is 5. The van der Waals surface area contributed by atoms with Crippen molar-refractivity contribution in [2.45, 2.75) is 46.5 Å². The van der Waals surface area contributed by atoms with Gasteiger partial charge in [-0.05, 0) is 62.3 Å². The zero-order valence-electron chi connectivity index (χ0n) is 12.4. The summed E-state index contributed by atoms with van der Waals surface area (Å²) in [6, 6.07) is 6.20. The molecule has 0 radical (unpaired) electrons. The third kappa shape index (κ3) is 3.59. The molecule has 0 fully saturated rings. The molecule has 1 aliphatic rings. The summed E-state index contributed by atoms with van der Waals surface area (Å²) in [5.74, 6) is 0.948. The van der Waals surface area contributed by atoms with Crippen molar-refractivity contribution in [1.82, 2.24) is 0 Å². The van der Waals surface area contributed by atoms with Gasteiger partial charge >= 0.3 is 0 Å². The van der Waals surface area contributed by atoms with Gasteiger partial charge in [0.25, 0.3) is 0 Å². The number of hydrogen-bond donors (Lipinski definition) is 0. The predicted octanol–water partition coefficient (Wildman–Crippen LogP) is 4.08. The molecule has 0 unspecified atom stereocenters. The minimum Gasteiger partial charge on any atom is -0.371 e. The highest BCUT2D eigenvalue weighted by molar-refractivity contribution is 5.94. The van der Waals surface area contributed by atoms with Gasteiger partial charge in [0.05, 0.1) is 0 Å². The number of aryl methyl sites for hydroxylation is 1. The van der Waals surface area contributed by atoms with E-state index in [9.17, 15) is 4.79 Å². The van der Waals surface area contributed by atoms with Gasteiger partial charge in [0, 0.05) is 24.3 Å². The van der Waals surface area contributed by atoms with E-state index in [4.69, 9.17) is 0 Å². The van der Waals surface area contributed by atoms with E-state index in [-0.39, 0.29) is 5.78 Å². The van der Waals surface area contributed by atoms with Crippen LogP contribution < -0.4 is 4.90 Å². The van der Waals surface area contributed by atoms with Crippen molar-refractivity contribution in [3.05, 3.63) is 29.3 Å². The molecule has 0 saturated heterocycles. The lowest BCUT2D eigenvalue weighted by molar-refractivity contribution is 0.101. The first-order valence-electron chi connectivity index (χ1n) is 7.46. The zero-order chi connectivity index (χ0) is 13.8. The van der Waals surface area contributed by atoms with E-state index in [0.717, 1.165) is 31.0 Å². The first kappa shape index (κ1) is 14.1. The summed E-state index contributed by atoms with van der Waals surface area (Å²) in [7, 11) is 0. The number of fused-ring (bicyclic) bond motifs is 1. The molecule has 1 aliphatic heterocycles. The van der Waals surface area contributed by atoms with Crippen LogP contribution >= 0.6 is 0 Å². The topological polar surface area (TPSA) is 20.3 Å². The minimum absolute atomic E-state index is 0.166. The summed E-state index contributed by atoms with van der Waals surface area (Å²) in [5, 5.41) is 0. The molecule has 0 spiro atoms. The Bertz CT molecular complexity index is 451. The zero-order valence-corrected chi connectivity index (χ0v) is 12.4. The molecule has 0 amide bonds. The van der Waals surface area contributed by atoms with Gasteiger partial charge in [0.15, 0.2) is 5.78 Å². The highest BCUT2D eigenvalue weighted by atomic mass is 16.1. The number of ketones is 1. The van der Waals surface area contributed by atoms with Crippen LogP contribution in [0.4, 0.5) is 5.69 Å². The maximum Gasteiger partial charge on any atom is 0.159 e. The van der Waals surface area contributed by atoms with E-state index in [1.807, 2.05) is 6.07 Å². The van der Waals surface area contributed by atoms with Crippen molar-refractivity contribution in [3.63, 3.8) is 0 Å². The molecular weight excluding hydrogens is 234 g/mol. The summed E-state index contributed by atoms with van der Waals surface area (Å²) in [6.07, 6.45) is 4.86. The Morgan fingerprint density at radius 3 is 2.84 bits per heavy atom. The number of Topliss-reactive ketones (excluding diaryl/α,β-unsaturated/α-hetero) is 1. The van der Waals surface area contributed by atoms with Crippen molar-refractivity contribution in [1.29, 1.82) is 0 Å². The molecule has 2 nitrogen and oxygen atoms in total. The average molecular weight is 259 g/mol. The number of anilines is 1. The van der Waals surface area contributed by atoms with Gasteiger partial charge in [0.2, 0.25) is 0 Å². The van der Waals surface area contributed by atoms with Crippen LogP contribution in [0.2, 0.25) is 0 Å². The van der Waals surface area contributed by atoms with E-state index in [2.05, 4.69) is 30.9 Å². The molecule has 0 aromatic heterocycles.